The summed E-state index contributed by atoms with van der Waals surface area (Å²) < 4.78 is 46.8. The largest absolute Gasteiger partial charge is 2.00 e. The van der Waals surface area contributed by atoms with Gasteiger partial charge in [0.05, 0.1) is 20.3 Å². The quantitative estimate of drug-likeness (QED) is 0.197. The molecule has 0 aromatic heterocycles. The molecule has 2 heterocycles. The standard InChI is InChI=1S/C17H22FNO4.C13H24N2O5.C6H4F.BrH.Mg.2H2S/c1-16(2,3)23-15(21)19-13(10-22-17(19,4)5)14(20)11-6-8-12(18)9-7-11;1-12(2,3)20-11(17)15-9(8-19-13(15,4)5)10(16)14(6)18-7;7-6-4-2-1-3-5-6;;;;/h6-9,13H,10H2,1-5H3;9H,8H2,1-7H3;2-5H;1H;;2*1H2/q;;-1;;+2;;/p-1/t13-;9-;;;;;/m00...../s1. The van der Waals surface area contributed by atoms with Crippen molar-refractivity contribution in [3.05, 3.63) is 71.8 Å². The Kier molecular flexibility index (Phi) is 24.1. The third kappa shape index (κ3) is 16.9. The molecule has 0 aliphatic carbocycles. The zero-order valence-corrected chi connectivity index (χ0v) is 38.0. The fraction of sp³-hybridized carbons (Fsp3) is 0.556. The van der Waals surface area contributed by atoms with E-state index in [4.69, 9.17) is 23.8 Å². The van der Waals surface area contributed by atoms with Gasteiger partial charge < -0.3 is 35.9 Å². The van der Waals surface area contributed by atoms with Crippen molar-refractivity contribution < 1.29 is 68.7 Å². The van der Waals surface area contributed by atoms with Gasteiger partial charge in [-0.15, -0.1) is 12.1 Å². The molecule has 3 amide bonds. The molecule has 0 bridgehead atoms. The summed E-state index contributed by atoms with van der Waals surface area (Å²) in [5.41, 5.74) is -2.86. The Balaban J connectivity index is -0.000000771. The van der Waals surface area contributed by atoms with Crippen LogP contribution in [0, 0.1) is 17.7 Å². The first-order valence-corrected chi connectivity index (χ1v) is 16.0. The Morgan fingerprint density at radius 1 is 0.759 bits per heavy atom. The second-order valence-electron chi connectivity index (χ2n) is 14.4. The van der Waals surface area contributed by atoms with Gasteiger partial charge in [-0.3, -0.25) is 24.2 Å². The summed E-state index contributed by atoms with van der Waals surface area (Å²) in [6, 6.07) is 12.2. The van der Waals surface area contributed by atoms with Crippen molar-refractivity contribution in [2.45, 2.75) is 104 Å². The number of hydrogen-bond acceptors (Lipinski definition) is 9. The molecule has 2 aromatic carbocycles. The van der Waals surface area contributed by atoms with E-state index in [1.165, 1.54) is 72.5 Å². The third-order valence-electron chi connectivity index (χ3n) is 7.13. The molecular formula is C36H54BrF2MgN3O9S2. The molecule has 0 spiro atoms. The van der Waals surface area contributed by atoms with Crippen LogP contribution in [-0.4, -0.2) is 124 Å². The zero-order valence-electron chi connectivity index (χ0n) is 33.0. The van der Waals surface area contributed by atoms with Crippen molar-refractivity contribution in [2.75, 3.05) is 27.4 Å². The summed E-state index contributed by atoms with van der Waals surface area (Å²) in [6.45, 7) is 17.6. The maximum atomic E-state index is 13.0. The van der Waals surface area contributed by atoms with E-state index in [1.54, 1.807) is 69.2 Å². The normalized spacial score (nSPS) is 17.9. The first kappa shape index (κ1) is 56.1. The average molecular weight is 879 g/mol. The molecule has 302 valence electrons. The maximum absolute atomic E-state index is 13.0. The molecule has 0 unspecified atom stereocenters. The fourth-order valence-electron chi connectivity index (χ4n) is 4.77. The van der Waals surface area contributed by atoms with Gasteiger partial charge in [0.25, 0.3) is 5.91 Å². The van der Waals surface area contributed by atoms with Crippen LogP contribution in [-0.2, 0) is 28.6 Å². The Hall–Kier alpha value is -2.19. The number of hydroxylamine groups is 2. The molecular weight excluding hydrogens is 825 g/mol. The number of amides is 3. The van der Waals surface area contributed by atoms with Gasteiger partial charge in [0.15, 0.2) is 5.78 Å². The number of benzene rings is 2. The SMILES string of the molecule is CC(C)(C)OC(=O)N1[C@H](C(=O)c2ccc(F)cc2)COC1(C)C.CON(C)C(=O)[C@@H]1COC(C)(C)N1C(=O)OC(C)(C)C.Fc1cc[c-]cc1.S.S.[Br-].[Mg+2]. The summed E-state index contributed by atoms with van der Waals surface area (Å²) >= 11 is 0. The molecule has 2 fully saturated rings. The van der Waals surface area contributed by atoms with Crippen LogP contribution in [0.3, 0.4) is 0 Å². The van der Waals surface area contributed by atoms with E-state index in [2.05, 4.69) is 6.07 Å². The van der Waals surface area contributed by atoms with Crippen LogP contribution in [0.5, 0.6) is 0 Å². The molecule has 2 aliphatic heterocycles. The predicted molar refractivity (Wildman–Crippen MR) is 206 cm³/mol. The number of rotatable bonds is 4. The molecule has 0 radical (unpaired) electrons. The summed E-state index contributed by atoms with van der Waals surface area (Å²) in [6.07, 6.45) is -1.19. The number of hydrogen-bond donors (Lipinski definition) is 0. The Morgan fingerprint density at radius 2 is 1.13 bits per heavy atom. The van der Waals surface area contributed by atoms with E-state index in [0.29, 0.717) is 5.56 Å². The van der Waals surface area contributed by atoms with Gasteiger partial charge in [0, 0.05) is 18.4 Å². The van der Waals surface area contributed by atoms with E-state index in [1.807, 2.05) is 0 Å². The third-order valence-corrected chi connectivity index (χ3v) is 7.13. The number of ether oxygens (including phenoxy) is 4. The Morgan fingerprint density at radius 3 is 1.48 bits per heavy atom. The minimum Gasteiger partial charge on any atom is -1.00 e. The molecule has 18 heteroatoms. The van der Waals surface area contributed by atoms with E-state index in [-0.39, 0.29) is 97.7 Å². The van der Waals surface area contributed by atoms with Gasteiger partial charge in [-0.25, -0.2) is 23.4 Å². The van der Waals surface area contributed by atoms with Gasteiger partial charge in [0.1, 0.15) is 40.6 Å². The van der Waals surface area contributed by atoms with Crippen LogP contribution in [0.2, 0.25) is 0 Å². The van der Waals surface area contributed by atoms with E-state index >= 15 is 0 Å². The summed E-state index contributed by atoms with van der Waals surface area (Å²) in [7, 11) is 2.87. The number of nitrogens with zero attached hydrogens (tertiary/aromatic N) is 3. The van der Waals surface area contributed by atoms with Gasteiger partial charge in [-0.2, -0.15) is 45.2 Å². The van der Waals surface area contributed by atoms with Crippen LogP contribution in [0.25, 0.3) is 0 Å². The molecule has 2 saturated heterocycles. The van der Waals surface area contributed by atoms with Crippen molar-refractivity contribution in [1.29, 1.82) is 0 Å². The molecule has 2 aliphatic rings. The van der Waals surface area contributed by atoms with Gasteiger partial charge >= 0.3 is 35.2 Å². The Bertz CT molecular complexity index is 1480. The molecule has 2 atom stereocenters. The average Bonchev–Trinajstić information content (AvgIpc) is 3.50. The first-order chi connectivity index (χ1) is 22.9. The smallest absolute Gasteiger partial charge is 1.00 e. The summed E-state index contributed by atoms with van der Waals surface area (Å²) in [5, 5.41) is 1.08. The van der Waals surface area contributed by atoms with Crippen molar-refractivity contribution >= 4 is 73.9 Å². The number of likely N-dealkylation sites (N-methyl/N-ethyl adjacent to an activating group) is 1. The number of Topliss-reactive ketones (excluding diaryl/α,β-unsaturated/α-hetero) is 1. The van der Waals surface area contributed by atoms with Crippen LogP contribution < -0.4 is 17.0 Å². The van der Waals surface area contributed by atoms with Crippen molar-refractivity contribution in [2.24, 2.45) is 0 Å². The van der Waals surface area contributed by atoms with Crippen LogP contribution in [0.15, 0.2) is 48.5 Å². The van der Waals surface area contributed by atoms with Crippen molar-refractivity contribution in [3.63, 3.8) is 0 Å². The van der Waals surface area contributed by atoms with Crippen LogP contribution in [0.4, 0.5) is 18.4 Å². The number of halogens is 3. The zero-order chi connectivity index (χ0) is 38.2. The molecule has 2 aromatic rings. The summed E-state index contributed by atoms with van der Waals surface area (Å²) in [5.74, 6) is -1.29. The van der Waals surface area contributed by atoms with Crippen molar-refractivity contribution in [3.8, 4) is 0 Å². The molecule has 4 rings (SSSR count). The molecule has 54 heavy (non-hydrogen) atoms. The Labute approximate surface area is 358 Å². The van der Waals surface area contributed by atoms with Crippen LogP contribution in [0.1, 0.15) is 79.6 Å². The second kappa shape index (κ2) is 23.1. The molecule has 0 N–H and O–H groups in total. The first-order valence-electron chi connectivity index (χ1n) is 16.0. The van der Waals surface area contributed by atoms with E-state index in [0.717, 1.165) is 5.06 Å². The predicted octanol–water partition coefficient (Wildman–Crippen LogP) is 3.23. The number of carbonyl (C=O) groups is 4. The maximum Gasteiger partial charge on any atom is 2.00 e. The minimum absolute atomic E-state index is 0. The van der Waals surface area contributed by atoms with E-state index in [9.17, 15) is 28.0 Å². The van der Waals surface area contributed by atoms with Crippen LogP contribution >= 0.6 is 27.0 Å². The second-order valence-corrected chi connectivity index (χ2v) is 14.4. The number of ketones is 1. The minimum atomic E-state index is -0.956. The monoisotopic (exact) mass is 877 g/mol. The molecule has 0 saturated carbocycles. The van der Waals surface area contributed by atoms with Crippen molar-refractivity contribution in [1.82, 2.24) is 14.9 Å². The van der Waals surface area contributed by atoms with Gasteiger partial charge in [0.2, 0.25) is 0 Å². The fourth-order valence-corrected chi connectivity index (χ4v) is 4.77. The van der Waals surface area contributed by atoms with Gasteiger partial charge in [-0.05, 0) is 93.5 Å². The summed E-state index contributed by atoms with van der Waals surface area (Å²) in [4.78, 5) is 57.2. The topological polar surface area (TPSA) is 124 Å². The van der Waals surface area contributed by atoms with E-state index < -0.39 is 52.7 Å². The van der Waals surface area contributed by atoms with Gasteiger partial charge in [-0.1, -0.05) is 0 Å². The molecule has 12 nitrogen and oxygen atoms in total. The number of carbonyl (C=O) groups excluding carboxylic acids is 4.